The van der Waals surface area contributed by atoms with Crippen molar-refractivity contribution in [3.63, 3.8) is 0 Å². The molecule has 0 spiro atoms. The molecule has 0 saturated heterocycles. The number of allylic oxidation sites excluding steroid dienone is 6. The molecule has 0 aliphatic heterocycles. The summed E-state index contributed by atoms with van der Waals surface area (Å²) in [5.74, 6) is 4.69. The van der Waals surface area contributed by atoms with Crippen LogP contribution in [0.15, 0.2) is 34.9 Å². The van der Waals surface area contributed by atoms with Gasteiger partial charge < -0.3 is 0 Å². The van der Waals surface area contributed by atoms with Gasteiger partial charge in [0.05, 0.1) is 0 Å². The van der Waals surface area contributed by atoms with Crippen LogP contribution < -0.4 is 0 Å². The fraction of sp³-hybridized carbons (Fsp3) is 0.750. The van der Waals surface area contributed by atoms with Crippen LogP contribution in [0.1, 0.15) is 77.0 Å². The minimum atomic E-state index is 0.862. The maximum Gasteiger partial charge on any atom is 0.0147 e. The van der Waals surface area contributed by atoms with Crippen molar-refractivity contribution in [3.05, 3.63) is 34.9 Å². The monoisotopic (exact) mass is 448 g/mol. The van der Waals surface area contributed by atoms with E-state index in [1.54, 1.807) is 0 Å². The Morgan fingerprint density at radius 2 is 1.64 bits per heavy atom. The van der Waals surface area contributed by atoms with E-state index in [0.29, 0.717) is 0 Å². The molecule has 136 valence electrons. The van der Waals surface area contributed by atoms with Gasteiger partial charge in [-0.05, 0) is 93.8 Å². The fourth-order valence-corrected chi connectivity index (χ4v) is 7.73. The minimum absolute atomic E-state index is 0.862. The van der Waals surface area contributed by atoms with Crippen molar-refractivity contribution in [3.8, 4) is 0 Å². The molecule has 0 N–H and O–H groups in total. The summed E-state index contributed by atoms with van der Waals surface area (Å²) < 4.78 is 0.904. The van der Waals surface area contributed by atoms with E-state index in [4.69, 9.17) is 0 Å². The highest BCUT2D eigenvalue weighted by Gasteiger charge is 2.38. The van der Waals surface area contributed by atoms with Gasteiger partial charge in [-0.1, -0.05) is 70.4 Å². The first-order chi connectivity index (χ1) is 12.3. The largest absolute Gasteiger partial charge is 0.0844 e. The molecule has 0 aromatic rings. The zero-order valence-corrected chi connectivity index (χ0v) is 17.7. The Kier molecular flexibility index (Phi) is 4.90. The highest BCUT2D eigenvalue weighted by Crippen LogP contribution is 2.51. The Morgan fingerprint density at radius 3 is 2.60 bits per heavy atom. The van der Waals surface area contributed by atoms with E-state index in [1.165, 1.54) is 77.0 Å². The molecule has 6 unspecified atom stereocenters. The van der Waals surface area contributed by atoms with Gasteiger partial charge in [-0.15, -0.1) is 0 Å². The number of hydrogen-bond donors (Lipinski definition) is 0. The molecule has 1 heteroatoms. The fourth-order valence-electron chi connectivity index (χ4n) is 6.86. The van der Waals surface area contributed by atoms with Crippen LogP contribution >= 0.6 is 22.6 Å². The molecule has 5 aliphatic rings. The molecule has 25 heavy (non-hydrogen) atoms. The van der Waals surface area contributed by atoms with E-state index in [-0.39, 0.29) is 0 Å². The first kappa shape index (κ1) is 17.1. The van der Waals surface area contributed by atoms with E-state index in [9.17, 15) is 0 Å². The molecule has 0 amide bonds. The highest BCUT2D eigenvalue weighted by molar-refractivity contribution is 14.1. The molecule has 3 fully saturated rings. The van der Waals surface area contributed by atoms with Crippen molar-refractivity contribution >= 4 is 22.6 Å². The predicted octanol–water partition coefficient (Wildman–Crippen LogP) is 7.40. The molecule has 3 saturated carbocycles. The molecular weight excluding hydrogens is 415 g/mol. The first-order valence-electron chi connectivity index (χ1n) is 11.0. The van der Waals surface area contributed by atoms with Crippen LogP contribution in [0.2, 0.25) is 0 Å². The Morgan fingerprint density at radius 1 is 0.760 bits per heavy atom. The third-order valence-corrected chi connectivity index (χ3v) is 9.30. The molecule has 0 aromatic heterocycles. The molecule has 5 aliphatic carbocycles. The third kappa shape index (κ3) is 3.32. The van der Waals surface area contributed by atoms with Gasteiger partial charge in [-0.2, -0.15) is 0 Å². The Labute approximate surface area is 167 Å². The summed E-state index contributed by atoms with van der Waals surface area (Å²) in [6.45, 7) is 0. The molecule has 0 heterocycles. The van der Waals surface area contributed by atoms with Crippen molar-refractivity contribution in [2.45, 2.75) is 81.0 Å². The maximum absolute atomic E-state index is 2.67. The summed E-state index contributed by atoms with van der Waals surface area (Å²) >= 11 is 2.67. The van der Waals surface area contributed by atoms with Crippen molar-refractivity contribution < 1.29 is 0 Å². The van der Waals surface area contributed by atoms with E-state index in [1.807, 2.05) is 16.7 Å². The van der Waals surface area contributed by atoms with Gasteiger partial charge in [0.25, 0.3) is 0 Å². The van der Waals surface area contributed by atoms with Gasteiger partial charge in [0.1, 0.15) is 0 Å². The third-order valence-electron chi connectivity index (χ3n) is 8.23. The van der Waals surface area contributed by atoms with E-state index < -0.39 is 0 Å². The lowest BCUT2D eigenvalue weighted by Gasteiger charge is -2.44. The smallest absolute Gasteiger partial charge is 0.0147 e. The number of alkyl halides is 1. The van der Waals surface area contributed by atoms with Crippen LogP contribution in [0.25, 0.3) is 0 Å². The Balaban J connectivity index is 1.33. The second-order valence-electron chi connectivity index (χ2n) is 9.56. The Bertz CT molecular complexity index is 610. The summed E-state index contributed by atoms with van der Waals surface area (Å²) in [5.41, 5.74) is 5.50. The summed E-state index contributed by atoms with van der Waals surface area (Å²) in [7, 11) is 0. The van der Waals surface area contributed by atoms with Gasteiger partial charge >= 0.3 is 0 Å². The predicted molar refractivity (Wildman–Crippen MR) is 115 cm³/mol. The van der Waals surface area contributed by atoms with Gasteiger partial charge in [0.2, 0.25) is 0 Å². The number of halogens is 1. The Hall–Kier alpha value is -0.0500. The SMILES string of the molecule is IC1CCC2CC(C3=CC=C4C(CCC5CCCCC45)C3)CC=C2C1. The topological polar surface area (TPSA) is 0 Å². The van der Waals surface area contributed by atoms with Crippen molar-refractivity contribution in [1.82, 2.24) is 0 Å². The molecule has 5 rings (SSSR count). The minimum Gasteiger partial charge on any atom is -0.0844 e. The summed E-state index contributed by atoms with van der Waals surface area (Å²) in [6.07, 6.45) is 25.3. The lowest BCUT2D eigenvalue weighted by atomic mass is 9.61. The number of hydrogen-bond acceptors (Lipinski definition) is 0. The number of rotatable bonds is 1. The molecule has 6 atom stereocenters. The zero-order chi connectivity index (χ0) is 16.8. The summed E-state index contributed by atoms with van der Waals surface area (Å²) in [6, 6.07) is 0. The van der Waals surface area contributed by atoms with Crippen molar-refractivity contribution in [2.24, 2.45) is 29.6 Å². The van der Waals surface area contributed by atoms with Gasteiger partial charge in [0, 0.05) is 3.92 Å². The maximum atomic E-state index is 2.67. The van der Waals surface area contributed by atoms with Crippen LogP contribution in [-0.4, -0.2) is 3.92 Å². The van der Waals surface area contributed by atoms with Crippen LogP contribution in [0.3, 0.4) is 0 Å². The lowest BCUT2D eigenvalue weighted by Crippen LogP contribution is -2.32. The highest BCUT2D eigenvalue weighted by atomic mass is 127. The van der Waals surface area contributed by atoms with Crippen LogP contribution in [0.5, 0.6) is 0 Å². The molecule has 0 aromatic carbocycles. The molecule has 0 nitrogen and oxygen atoms in total. The van der Waals surface area contributed by atoms with E-state index in [0.717, 1.165) is 33.5 Å². The second-order valence-corrected chi connectivity index (χ2v) is 11.3. The second kappa shape index (κ2) is 7.17. The van der Waals surface area contributed by atoms with Gasteiger partial charge in [0.15, 0.2) is 0 Å². The summed E-state index contributed by atoms with van der Waals surface area (Å²) in [5, 5.41) is 0. The lowest BCUT2D eigenvalue weighted by molar-refractivity contribution is 0.188. The average Bonchev–Trinajstić information content (AvgIpc) is 2.67. The molecular formula is C24H33I. The van der Waals surface area contributed by atoms with Crippen LogP contribution in [0.4, 0.5) is 0 Å². The average molecular weight is 448 g/mol. The quantitative estimate of drug-likeness (QED) is 0.223. The van der Waals surface area contributed by atoms with Crippen molar-refractivity contribution in [1.29, 1.82) is 0 Å². The zero-order valence-electron chi connectivity index (χ0n) is 15.6. The van der Waals surface area contributed by atoms with Crippen LogP contribution in [-0.2, 0) is 0 Å². The van der Waals surface area contributed by atoms with Gasteiger partial charge in [-0.3, -0.25) is 0 Å². The molecule has 0 bridgehead atoms. The van der Waals surface area contributed by atoms with Crippen molar-refractivity contribution in [2.75, 3.05) is 0 Å². The molecule has 0 radical (unpaired) electrons. The summed E-state index contributed by atoms with van der Waals surface area (Å²) in [4.78, 5) is 0. The van der Waals surface area contributed by atoms with Crippen LogP contribution in [0, 0.1) is 29.6 Å². The van der Waals surface area contributed by atoms with E-state index in [2.05, 4.69) is 40.8 Å². The van der Waals surface area contributed by atoms with Gasteiger partial charge in [-0.25, -0.2) is 0 Å². The number of fused-ring (bicyclic) bond motifs is 4. The standard InChI is InChI=1S/C24H33I/c25-22-11-9-18-13-17(6-7-20(18)15-22)19-10-12-24-21(14-19)8-5-16-3-1-2-4-23(16)24/h7,10,12,16-18,21-23H,1-6,8-9,11,13-15H2. The normalized spacial score (nSPS) is 43.8. The first-order valence-corrected chi connectivity index (χ1v) is 12.3. The van der Waals surface area contributed by atoms with E-state index >= 15 is 0 Å².